The van der Waals surface area contributed by atoms with E-state index in [0.717, 1.165) is 33.2 Å². The van der Waals surface area contributed by atoms with Gasteiger partial charge >= 0.3 is 0 Å². The van der Waals surface area contributed by atoms with Crippen molar-refractivity contribution >= 4 is 10.8 Å². The number of benzene rings is 2. The first-order valence-corrected chi connectivity index (χ1v) is 6.96. The number of methoxy groups -OCH3 is 1. The maximum Gasteiger partial charge on any atom is 0.134 e. The standard InChI is InChI=1S/C17H19N3O/c1-11(18)15-8-16(12-9-19-20(2)10-12)17(21-3)14-7-5-4-6-13(14)15/h4-11H,18H2,1-3H3. The van der Waals surface area contributed by atoms with Gasteiger partial charge in [-0.05, 0) is 23.9 Å². The Morgan fingerprint density at radius 2 is 1.95 bits per heavy atom. The summed E-state index contributed by atoms with van der Waals surface area (Å²) in [4.78, 5) is 0. The van der Waals surface area contributed by atoms with Crippen molar-refractivity contribution in [2.24, 2.45) is 12.8 Å². The lowest BCUT2D eigenvalue weighted by Gasteiger charge is -2.17. The van der Waals surface area contributed by atoms with Gasteiger partial charge in [-0.25, -0.2) is 0 Å². The molecule has 1 unspecified atom stereocenters. The van der Waals surface area contributed by atoms with Gasteiger partial charge < -0.3 is 10.5 Å². The minimum absolute atomic E-state index is 0.0452. The molecule has 4 heteroatoms. The largest absolute Gasteiger partial charge is 0.495 e. The number of hydrogen-bond acceptors (Lipinski definition) is 3. The summed E-state index contributed by atoms with van der Waals surface area (Å²) in [6.45, 7) is 2.00. The summed E-state index contributed by atoms with van der Waals surface area (Å²) >= 11 is 0. The molecule has 0 saturated carbocycles. The van der Waals surface area contributed by atoms with E-state index in [1.807, 2.05) is 38.5 Å². The predicted octanol–water partition coefficient (Wildman–Crippen LogP) is 3.27. The van der Waals surface area contributed by atoms with Gasteiger partial charge in [0.05, 0.1) is 13.3 Å². The average molecular weight is 281 g/mol. The van der Waals surface area contributed by atoms with Crippen molar-refractivity contribution in [2.45, 2.75) is 13.0 Å². The van der Waals surface area contributed by atoms with Gasteiger partial charge in [0.15, 0.2) is 0 Å². The summed E-state index contributed by atoms with van der Waals surface area (Å²) in [5.74, 6) is 0.864. The highest BCUT2D eigenvalue weighted by Gasteiger charge is 2.16. The molecule has 1 atom stereocenters. The second kappa shape index (κ2) is 5.22. The van der Waals surface area contributed by atoms with Crippen LogP contribution in [0.25, 0.3) is 21.9 Å². The zero-order chi connectivity index (χ0) is 15.0. The Balaban J connectivity index is 2.38. The normalized spacial score (nSPS) is 12.6. The molecule has 108 valence electrons. The number of aryl methyl sites for hydroxylation is 1. The molecule has 0 aliphatic carbocycles. The Labute approximate surface area is 124 Å². The molecule has 0 bridgehead atoms. The van der Waals surface area contributed by atoms with Gasteiger partial charge in [0.25, 0.3) is 0 Å². The van der Waals surface area contributed by atoms with Crippen molar-refractivity contribution in [1.29, 1.82) is 0 Å². The van der Waals surface area contributed by atoms with Gasteiger partial charge in [-0.15, -0.1) is 0 Å². The van der Waals surface area contributed by atoms with Gasteiger partial charge in [-0.3, -0.25) is 4.68 Å². The van der Waals surface area contributed by atoms with Crippen molar-refractivity contribution in [1.82, 2.24) is 9.78 Å². The third-order valence-electron chi connectivity index (χ3n) is 3.74. The van der Waals surface area contributed by atoms with Crippen LogP contribution in [-0.4, -0.2) is 16.9 Å². The Hall–Kier alpha value is -2.33. The predicted molar refractivity (Wildman–Crippen MR) is 85.3 cm³/mol. The quantitative estimate of drug-likeness (QED) is 0.801. The van der Waals surface area contributed by atoms with Crippen LogP contribution < -0.4 is 10.5 Å². The van der Waals surface area contributed by atoms with Crippen molar-refractivity contribution in [3.8, 4) is 16.9 Å². The van der Waals surface area contributed by atoms with Crippen LogP contribution >= 0.6 is 0 Å². The van der Waals surface area contributed by atoms with Crippen LogP contribution in [0.5, 0.6) is 5.75 Å². The molecule has 0 aliphatic heterocycles. The highest BCUT2D eigenvalue weighted by atomic mass is 16.5. The van der Waals surface area contributed by atoms with Crippen molar-refractivity contribution in [3.63, 3.8) is 0 Å². The smallest absolute Gasteiger partial charge is 0.134 e. The number of nitrogens with two attached hydrogens (primary N) is 1. The van der Waals surface area contributed by atoms with Crippen LogP contribution in [0.1, 0.15) is 18.5 Å². The second-order valence-corrected chi connectivity index (χ2v) is 5.28. The van der Waals surface area contributed by atoms with Crippen LogP contribution in [-0.2, 0) is 7.05 Å². The lowest BCUT2D eigenvalue weighted by atomic mass is 9.94. The number of aromatic nitrogens is 2. The van der Waals surface area contributed by atoms with Gasteiger partial charge in [0.2, 0.25) is 0 Å². The molecule has 2 aromatic carbocycles. The highest BCUT2D eigenvalue weighted by Crippen LogP contribution is 2.39. The number of nitrogens with zero attached hydrogens (tertiary/aromatic N) is 2. The Kier molecular flexibility index (Phi) is 3.39. The van der Waals surface area contributed by atoms with Gasteiger partial charge in [-0.2, -0.15) is 5.10 Å². The van der Waals surface area contributed by atoms with E-state index in [9.17, 15) is 0 Å². The topological polar surface area (TPSA) is 53.1 Å². The molecule has 0 spiro atoms. The zero-order valence-corrected chi connectivity index (χ0v) is 12.5. The fraction of sp³-hybridized carbons (Fsp3) is 0.235. The van der Waals surface area contributed by atoms with E-state index in [-0.39, 0.29) is 6.04 Å². The minimum Gasteiger partial charge on any atom is -0.495 e. The molecule has 1 aromatic heterocycles. The fourth-order valence-electron chi connectivity index (χ4n) is 2.75. The monoisotopic (exact) mass is 281 g/mol. The molecular weight excluding hydrogens is 262 g/mol. The van der Waals surface area contributed by atoms with E-state index in [2.05, 4.69) is 23.3 Å². The Morgan fingerprint density at radius 3 is 2.52 bits per heavy atom. The van der Waals surface area contributed by atoms with E-state index in [4.69, 9.17) is 10.5 Å². The molecule has 0 saturated heterocycles. The molecule has 0 fully saturated rings. The lowest BCUT2D eigenvalue weighted by Crippen LogP contribution is -2.06. The summed E-state index contributed by atoms with van der Waals surface area (Å²) in [6.07, 6.45) is 3.83. The minimum atomic E-state index is -0.0452. The lowest BCUT2D eigenvalue weighted by molar-refractivity contribution is 0.421. The summed E-state index contributed by atoms with van der Waals surface area (Å²) in [5, 5.41) is 6.47. The maximum absolute atomic E-state index is 6.16. The fourth-order valence-corrected chi connectivity index (χ4v) is 2.75. The first-order valence-electron chi connectivity index (χ1n) is 6.96. The molecule has 0 amide bonds. The maximum atomic E-state index is 6.16. The van der Waals surface area contributed by atoms with Crippen LogP contribution in [0.2, 0.25) is 0 Å². The SMILES string of the molecule is COc1c(-c2cnn(C)c2)cc(C(C)N)c2ccccc12. The molecule has 3 rings (SSSR count). The van der Waals surface area contributed by atoms with Crippen LogP contribution in [0, 0.1) is 0 Å². The number of rotatable bonds is 3. The van der Waals surface area contributed by atoms with Gasteiger partial charge in [0, 0.05) is 35.8 Å². The highest BCUT2D eigenvalue weighted by molar-refractivity contribution is 5.97. The first-order chi connectivity index (χ1) is 10.1. The van der Waals surface area contributed by atoms with Crippen molar-refractivity contribution in [2.75, 3.05) is 7.11 Å². The van der Waals surface area contributed by atoms with E-state index in [0.29, 0.717) is 0 Å². The number of ether oxygens (including phenoxy) is 1. The third-order valence-corrected chi connectivity index (χ3v) is 3.74. The van der Waals surface area contributed by atoms with E-state index in [1.165, 1.54) is 0 Å². The van der Waals surface area contributed by atoms with Crippen LogP contribution in [0.15, 0.2) is 42.7 Å². The summed E-state index contributed by atoms with van der Waals surface area (Å²) in [5.41, 5.74) is 9.33. The summed E-state index contributed by atoms with van der Waals surface area (Å²) in [6, 6.07) is 10.3. The van der Waals surface area contributed by atoms with Crippen LogP contribution in [0.3, 0.4) is 0 Å². The molecule has 1 heterocycles. The molecule has 2 N–H and O–H groups in total. The summed E-state index contributed by atoms with van der Waals surface area (Å²) < 4.78 is 7.47. The Bertz CT molecular complexity index is 790. The number of hydrogen-bond donors (Lipinski definition) is 1. The third kappa shape index (κ3) is 2.28. The average Bonchev–Trinajstić information content (AvgIpc) is 2.91. The molecule has 0 aliphatic rings. The molecule has 0 radical (unpaired) electrons. The second-order valence-electron chi connectivity index (χ2n) is 5.28. The first kappa shape index (κ1) is 13.6. The molecule has 21 heavy (non-hydrogen) atoms. The van der Waals surface area contributed by atoms with Crippen molar-refractivity contribution in [3.05, 3.63) is 48.3 Å². The van der Waals surface area contributed by atoms with E-state index < -0.39 is 0 Å². The van der Waals surface area contributed by atoms with Crippen LogP contribution in [0.4, 0.5) is 0 Å². The Morgan fingerprint density at radius 1 is 1.24 bits per heavy atom. The van der Waals surface area contributed by atoms with Gasteiger partial charge in [0.1, 0.15) is 5.75 Å². The zero-order valence-electron chi connectivity index (χ0n) is 12.5. The van der Waals surface area contributed by atoms with Gasteiger partial charge in [-0.1, -0.05) is 24.3 Å². The molecule has 4 nitrogen and oxygen atoms in total. The molecule has 3 aromatic rings. The summed E-state index contributed by atoms with van der Waals surface area (Å²) in [7, 11) is 3.61. The van der Waals surface area contributed by atoms with E-state index >= 15 is 0 Å². The molecular formula is C17H19N3O. The van der Waals surface area contributed by atoms with E-state index in [1.54, 1.807) is 11.8 Å². The van der Waals surface area contributed by atoms with Crippen molar-refractivity contribution < 1.29 is 4.74 Å². The number of fused-ring (bicyclic) bond motifs is 1.